The number of nitrogens with one attached hydrogen (secondary N) is 1. The third-order valence-electron chi connectivity index (χ3n) is 3.14. The summed E-state index contributed by atoms with van der Waals surface area (Å²) in [6.45, 7) is 4.92. The minimum atomic E-state index is -0.773. The van der Waals surface area contributed by atoms with Gasteiger partial charge < -0.3 is 10.1 Å². The third kappa shape index (κ3) is 4.42. The Labute approximate surface area is 112 Å². The Morgan fingerprint density at radius 3 is 2.39 bits per heavy atom. The van der Waals surface area contributed by atoms with E-state index in [2.05, 4.69) is 24.4 Å². The molecule has 1 N–H and O–H groups in total. The monoisotopic (exact) mass is 269 g/mol. The van der Waals surface area contributed by atoms with Crippen molar-refractivity contribution in [3.05, 3.63) is 29.8 Å². The van der Waals surface area contributed by atoms with Crippen LogP contribution in [0.25, 0.3) is 0 Å². The maximum atomic E-state index is 11.3. The van der Waals surface area contributed by atoms with E-state index < -0.39 is 10.8 Å². The zero-order valence-corrected chi connectivity index (χ0v) is 12.4. The van der Waals surface area contributed by atoms with Crippen molar-refractivity contribution in [2.24, 2.45) is 0 Å². The Hall–Kier alpha value is -0.870. The molecule has 3 nitrogen and oxygen atoms in total. The van der Waals surface area contributed by atoms with Crippen molar-refractivity contribution in [2.75, 3.05) is 19.9 Å². The summed E-state index contributed by atoms with van der Waals surface area (Å²) in [5, 5.41) is 3.65. The van der Waals surface area contributed by atoms with Gasteiger partial charge in [-0.3, -0.25) is 4.21 Å². The summed E-state index contributed by atoms with van der Waals surface area (Å²) in [5.74, 6) is 0.872. The predicted molar refractivity (Wildman–Crippen MR) is 77.6 cm³/mol. The highest BCUT2D eigenvalue weighted by Gasteiger charge is 2.12. The fraction of sp³-hybridized carbons (Fsp3) is 0.571. The summed E-state index contributed by atoms with van der Waals surface area (Å²) in [7, 11) is 0.897. The molecule has 1 aromatic carbocycles. The van der Waals surface area contributed by atoms with Gasteiger partial charge in [-0.15, -0.1) is 0 Å². The first kappa shape index (κ1) is 15.2. The summed E-state index contributed by atoms with van der Waals surface area (Å²) >= 11 is 0. The van der Waals surface area contributed by atoms with E-state index in [1.807, 2.05) is 19.1 Å². The minimum absolute atomic E-state index is 0.178. The van der Waals surface area contributed by atoms with Crippen molar-refractivity contribution in [2.45, 2.75) is 31.6 Å². The molecule has 0 spiro atoms. The van der Waals surface area contributed by atoms with Crippen LogP contribution in [0, 0.1) is 0 Å². The Balaban J connectivity index is 2.62. The van der Waals surface area contributed by atoms with E-state index in [-0.39, 0.29) is 5.25 Å². The normalized spacial score (nSPS) is 16.0. The van der Waals surface area contributed by atoms with Crippen LogP contribution in [0.15, 0.2) is 24.3 Å². The first-order chi connectivity index (χ1) is 8.58. The van der Waals surface area contributed by atoms with Gasteiger partial charge in [0.05, 0.1) is 7.11 Å². The largest absolute Gasteiger partial charge is 0.497 e. The SMILES string of the molecule is CCC(NCC(C)S(C)=O)c1ccc(OC)cc1. The van der Waals surface area contributed by atoms with Gasteiger partial charge in [-0.25, -0.2) is 0 Å². The predicted octanol–water partition coefficient (Wildman–Crippen LogP) is 2.50. The van der Waals surface area contributed by atoms with E-state index in [9.17, 15) is 4.21 Å². The molecule has 0 radical (unpaired) electrons. The quantitative estimate of drug-likeness (QED) is 0.826. The molecular formula is C14H23NO2S. The fourth-order valence-electron chi connectivity index (χ4n) is 1.76. The zero-order chi connectivity index (χ0) is 13.5. The lowest BCUT2D eigenvalue weighted by Gasteiger charge is -2.19. The number of hydrogen-bond acceptors (Lipinski definition) is 3. The van der Waals surface area contributed by atoms with E-state index in [4.69, 9.17) is 4.74 Å². The van der Waals surface area contributed by atoms with Crippen molar-refractivity contribution in [3.8, 4) is 5.75 Å². The molecule has 0 aliphatic carbocycles. The molecule has 3 unspecified atom stereocenters. The molecular weight excluding hydrogens is 246 g/mol. The van der Waals surface area contributed by atoms with Gasteiger partial charge in [0.15, 0.2) is 0 Å². The third-order valence-corrected chi connectivity index (χ3v) is 4.44. The van der Waals surface area contributed by atoms with E-state index in [1.165, 1.54) is 5.56 Å². The molecule has 0 aliphatic rings. The second-order valence-corrected chi connectivity index (χ2v) is 6.25. The van der Waals surface area contributed by atoms with Gasteiger partial charge in [-0.1, -0.05) is 19.1 Å². The number of methoxy groups -OCH3 is 1. The Morgan fingerprint density at radius 1 is 1.33 bits per heavy atom. The van der Waals surface area contributed by atoms with Crippen LogP contribution in [-0.4, -0.2) is 29.4 Å². The standard InChI is InChI=1S/C14H23NO2S/c1-5-14(15-10-11(2)18(4)16)12-6-8-13(17-3)9-7-12/h6-9,11,14-15H,5,10H2,1-4H3. The average Bonchev–Trinajstić information content (AvgIpc) is 2.39. The fourth-order valence-corrected chi connectivity index (χ4v) is 2.09. The molecule has 0 saturated heterocycles. The molecule has 0 saturated carbocycles. The average molecular weight is 269 g/mol. The molecule has 4 heteroatoms. The zero-order valence-electron chi connectivity index (χ0n) is 11.6. The molecule has 3 atom stereocenters. The Morgan fingerprint density at radius 2 is 1.94 bits per heavy atom. The van der Waals surface area contributed by atoms with E-state index in [0.29, 0.717) is 6.04 Å². The van der Waals surface area contributed by atoms with Crippen LogP contribution in [0.4, 0.5) is 0 Å². The van der Waals surface area contributed by atoms with Gasteiger partial charge in [0.2, 0.25) is 0 Å². The Kier molecular flexibility index (Phi) is 6.36. The molecule has 0 aliphatic heterocycles. The first-order valence-corrected chi connectivity index (χ1v) is 7.90. The number of ether oxygens (including phenoxy) is 1. The molecule has 18 heavy (non-hydrogen) atoms. The summed E-state index contributed by atoms with van der Waals surface area (Å²) in [4.78, 5) is 0. The maximum absolute atomic E-state index is 11.3. The van der Waals surface area contributed by atoms with Crippen LogP contribution in [0.5, 0.6) is 5.75 Å². The highest BCUT2D eigenvalue weighted by Crippen LogP contribution is 2.20. The number of hydrogen-bond donors (Lipinski definition) is 1. The second kappa shape index (κ2) is 7.54. The first-order valence-electron chi connectivity index (χ1n) is 6.28. The second-order valence-electron chi connectivity index (χ2n) is 4.45. The van der Waals surface area contributed by atoms with Crippen molar-refractivity contribution >= 4 is 10.8 Å². The van der Waals surface area contributed by atoms with Crippen LogP contribution in [0.2, 0.25) is 0 Å². The highest BCUT2D eigenvalue weighted by molar-refractivity contribution is 7.84. The summed E-state index contributed by atoms with van der Waals surface area (Å²) in [5.41, 5.74) is 1.24. The molecule has 0 amide bonds. The lowest BCUT2D eigenvalue weighted by molar-refractivity contribution is 0.414. The highest BCUT2D eigenvalue weighted by atomic mass is 32.2. The van der Waals surface area contributed by atoms with Crippen molar-refractivity contribution in [3.63, 3.8) is 0 Å². The molecule has 0 fully saturated rings. The smallest absolute Gasteiger partial charge is 0.118 e. The van der Waals surface area contributed by atoms with Gasteiger partial charge in [0, 0.05) is 34.9 Å². The molecule has 0 aromatic heterocycles. The maximum Gasteiger partial charge on any atom is 0.118 e. The number of rotatable bonds is 7. The molecule has 1 rings (SSSR count). The van der Waals surface area contributed by atoms with E-state index in [0.717, 1.165) is 18.7 Å². The lowest BCUT2D eigenvalue weighted by atomic mass is 10.0. The van der Waals surface area contributed by atoms with Crippen molar-refractivity contribution in [1.29, 1.82) is 0 Å². The summed E-state index contributed by atoms with van der Waals surface area (Å²) in [6.07, 6.45) is 2.76. The van der Waals surface area contributed by atoms with Gasteiger partial charge in [0.1, 0.15) is 5.75 Å². The lowest BCUT2D eigenvalue weighted by Crippen LogP contribution is -2.30. The van der Waals surface area contributed by atoms with E-state index >= 15 is 0 Å². The van der Waals surface area contributed by atoms with Crippen LogP contribution in [-0.2, 0) is 10.8 Å². The molecule has 0 heterocycles. The topological polar surface area (TPSA) is 38.3 Å². The van der Waals surface area contributed by atoms with Gasteiger partial charge >= 0.3 is 0 Å². The van der Waals surface area contributed by atoms with Crippen molar-refractivity contribution < 1.29 is 8.95 Å². The summed E-state index contributed by atoms with van der Waals surface area (Å²) in [6, 6.07) is 8.41. The van der Waals surface area contributed by atoms with Crippen LogP contribution >= 0.6 is 0 Å². The van der Waals surface area contributed by atoms with Crippen LogP contribution in [0.3, 0.4) is 0 Å². The minimum Gasteiger partial charge on any atom is -0.497 e. The van der Waals surface area contributed by atoms with Crippen LogP contribution < -0.4 is 10.1 Å². The van der Waals surface area contributed by atoms with Crippen molar-refractivity contribution in [1.82, 2.24) is 5.32 Å². The van der Waals surface area contributed by atoms with E-state index in [1.54, 1.807) is 13.4 Å². The Bertz CT molecular complexity index is 378. The van der Waals surface area contributed by atoms with Gasteiger partial charge in [0.25, 0.3) is 0 Å². The van der Waals surface area contributed by atoms with Crippen LogP contribution in [0.1, 0.15) is 31.9 Å². The molecule has 102 valence electrons. The number of benzene rings is 1. The summed E-state index contributed by atoms with van der Waals surface area (Å²) < 4.78 is 16.5. The van der Waals surface area contributed by atoms with Gasteiger partial charge in [-0.05, 0) is 31.0 Å². The molecule has 0 bridgehead atoms. The molecule has 1 aromatic rings. The van der Waals surface area contributed by atoms with Gasteiger partial charge in [-0.2, -0.15) is 0 Å².